The summed E-state index contributed by atoms with van der Waals surface area (Å²) in [5.74, 6) is 0.429. The first-order valence-corrected chi connectivity index (χ1v) is 8.19. The quantitative estimate of drug-likeness (QED) is 0.867. The summed E-state index contributed by atoms with van der Waals surface area (Å²) in [6.07, 6.45) is 4.63. The second kappa shape index (κ2) is 8.02. The second-order valence-electron chi connectivity index (χ2n) is 5.73. The largest absolute Gasteiger partial charge is 0.393 e. The maximum Gasteiger partial charge on any atom is 0.220 e. The zero-order valence-electron chi connectivity index (χ0n) is 11.9. The number of carbonyl (C=O) groups excluding carboxylic acids is 1. The highest BCUT2D eigenvalue weighted by Gasteiger charge is 2.20. The first-order valence-electron chi connectivity index (χ1n) is 7.43. The van der Waals surface area contributed by atoms with Gasteiger partial charge in [0.15, 0.2) is 0 Å². The van der Waals surface area contributed by atoms with Crippen LogP contribution in [-0.2, 0) is 11.2 Å². The molecular formula is C16H21Cl2NO2. The first-order chi connectivity index (χ1) is 10.0. The fourth-order valence-electron chi connectivity index (χ4n) is 2.77. The van der Waals surface area contributed by atoms with Crippen molar-refractivity contribution in [1.82, 2.24) is 5.32 Å². The Bertz CT molecular complexity index is 493. The lowest BCUT2D eigenvalue weighted by molar-refractivity contribution is -0.121. The van der Waals surface area contributed by atoms with Crippen molar-refractivity contribution in [2.24, 2.45) is 5.92 Å². The van der Waals surface area contributed by atoms with Crippen LogP contribution in [0.3, 0.4) is 0 Å². The maximum absolute atomic E-state index is 11.9. The van der Waals surface area contributed by atoms with Crippen LogP contribution in [0.2, 0.25) is 10.0 Å². The number of hydrogen-bond acceptors (Lipinski definition) is 2. The van der Waals surface area contributed by atoms with Crippen molar-refractivity contribution >= 4 is 29.1 Å². The molecule has 1 aromatic carbocycles. The van der Waals surface area contributed by atoms with Crippen molar-refractivity contribution in [2.75, 3.05) is 6.54 Å². The number of amides is 1. The van der Waals surface area contributed by atoms with Crippen LogP contribution in [0, 0.1) is 5.92 Å². The van der Waals surface area contributed by atoms with Gasteiger partial charge in [-0.25, -0.2) is 0 Å². The fraction of sp³-hybridized carbons (Fsp3) is 0.562. The number of halogens is 2. The summed E-state index contributed by atoms with van der Waals surface area (Å²) < 4.78 is 0. The highest BCUT2D eigenvalue weighted by Crippen LogP contribution is 2.24. The minimum atomic E-state index is -0.200. The fourth-order valence-corrected chi connectivity index (χ4v) is 3.27. The van der Waals surface area contributed by atoms with Gasteiger partial charge in [0.05, 0.1) is 6.10 Å². The molecule has 1 aliphatic rings. The van der Waals surface area contributed by atoms with E-state index >= 15 is 0 Å². The van der Waals surface area contributed by atoms with E-state index in [1.165, 1.54) is 0 Å². The molecule has 2 atom stereocenters. The maximum atomic E-state index is 11.9. The van der Waals surface area contributed by atoms with Gasteiger partial charge >= 0.3 is 0 Å². The monoisotopic (exact) mass is 329 g/mol. The van der Waals surface area contributed by atoms with Gasteiger partial charge < -0.3 is 10.4 Å². The third-order valence-electron chi connectivity index (χ3n) is 3.98. The Morgan fingerprint density at radius 3 is 2.86 bits per heavy atom. The van der Waals surface area contributed by atoms with Crippen LogP contribution in [0.4, 0.5) is 0 Å². The second-order valence-corrected chi connectivity index (χ2v) is 6.57. The van der Waals surface area contributed by atoms with Crippen LogP contribution in [0.5, 0.6) is 0 Å². The minimum absolute atomic E-state index is 0.0288. The number of benzene rings is 1. The zero-order chi connectivity index (χ0) is 15.2. The summed E-state index contributed by atoms with van der Waals surface area (Å²) >= 11 is 11.9. The van der Waals surface area contributed by atoms with E-state index in [9.17, 15) is 9.90 Å². The molecule has 5 heteroatoms. The average Bonchev–Trinajstić information content (AvgIpc) is 2.44. The van der Waals surface area contributed by atoms with Gasteiger partial charge in [-0.05, 0) is 49.3 Å². The Balaban J connectivity index is 1.72. The smallest absolute Gasteiger partial charge is 0.220 e. The number of rotatable bonds is 5. The lowest BCUT2D eigenvalue weighted by Gasteiger charge is -2.25. The predicted octanol–water partition coefficient (Wildman–Crippen LogP) is 3.59. The van der Waals surface area contributed by atoms with Crippen molar-refractivity contribution in [3.8, 4) is 0 Å². The van der Waals surface area contributed by atoms with Gasteiger partial charge in [0, 0.05) is 23.0 Å². The molecule has 2 N–H and O–H groups in total. The van der Waals surface area contributed by atoms with E-state index in [0.29, 0.717) is 35.3 Å². The van der Waals surface area contributed by atoms with Crippen molar-refractivity contribution in [3.63, 3.8) is 0 Å². The molecule has 21 heavy (non-hydrogen) atoms. The lowest BCUT2D eigenvalue weighted by atomic mass is 9.87. The van der Waals surface area contributed by atoms with Gasteiger partial charge in [-0.15, -0.1) is 0 Å². The molecule has 1 saturated carbocycles. The summed E-state index contributed by atoms with van der Waals surface area (Å²) in [6, 6.07) is 5.33. The van der Waals surface area contributed by atoms with Crippen molar-refractivity contribution < 1.29 is 9.90 Å². The number of aliphatic hydroxyl groups is 1. The molecule has 0 saturated heterocycles. The predicted molar refractivity (Wildman–Crippen MR) is 85.8 cm³/mol. The molecule has 1 fully saturated rings. The number of hydrogen-bond donors (Lipinski definition) is 2. The van der Waals surface area contributed by atoms with E-state index in [1.807, 2.05) is 6.07 Å². The van der Waals surface area contributed by atoms with E-state index in [1.54, 1.807) is 12.1 Å². The lowest BCUT2D eigenvalue weighted by Crippen LogP contribution is -2.33. The molecule has 0 spiro atoms. The summed E-state index contributed by atoms with van der Waals surface area (Å²) in [7, 11) is 0. The third-order valence-corrected chi connectivity index (χ3v) is 4.57. The van der Waals surface area contributed by atoms with E-state index in [2.05, 4.69) is 5.32 Å². The Labute approximate surface area is 135 Å². The summed E-state index contributed by atoms with van der Waals surface area (Å²) in [5.41, 5.74) is 0.935. The van der Waals surface area contributed by atoms with E-state index in [4.69, 9.17) is 23.2 Å². The van der Waals surface area contributed by atoms with Crippen LogP contribution >= 0.6 is 23.2 Å². The summed E-state index contributed by atoms with van der Waals surface area (Å²) in [5, 5.41) is 13.8. The SMILES string of the molecule is O=C(CCc1ccc(Cl)cc1Cl)NCC1CCCC(O)C1. The Kier molecular flexibility index (Phi) is 6.34. The minimum Gasteiger partial charge on any atom is -0.393 e. The van der Waals surface area contributed by atoms with Gasteiger partial charge in [0.1, 0.15) is 0 Å². The van der Waals surface area contributed by atoms with Crippen molar-refractivity contribution in [3.05, 3.63) is 33.8 Å². The van der Waals surface area contributed by atoms with Gasteiger partial charge in [-0.2, -0.15) is 0 Å². The van der Waals surface area contributed by atoms with E-state index in [-0.39, 0.29) is 12.0 Å². The van der Waals surface area contributed by atoms with E-state index < -0.39 is 0 Å². The molecular weight excluding hydrogens is 309 g/mol. The van der Waals surface area contributed by atoms with Crippen LogP contribution in [0.15, 0.2) is 18.2 Å². The number of carbonyl (C=O) groups is 1. The molecule has 2 unspecified atom stereocenters. The van der Waals surface area contributed by atoms with Crippen molar-refractivity contribution in [2.45, 2.75) is 44.6 Å². The molecule has 1 aromatic rings. The third kappa shape index (κ3) is 5.50. The highest BCUT2D eigenvalue weighted by atomic mass is 35.5. The molecule has 116 valence electrons. The molecule has 0 heterocycles. The standard InChI is InChI=1S/C16H21Cl2NO2/c17-13-6-4-12(15(18)9-13)5-7-16(21)19-10-11-2-1-3-14(20)8-11/h4,6,9,11,14,20H,1-3,5,7-8,10H2,(H,19,21). The molecule has 0 aromatic heterocycles. The van der Waals surface area contributed by atoms with Crippen molar-refractivity contribution in [1.29, 1.82) is 0 Å². The van der Waals surface area contributed by atoms with Gasteiger partial charge in [0.25, 0.3) is 0 Å². The number of aryl methyl sites for hydroxylation is 1. The van der Waals surface area contributed by atoms with E-state index in [0.717, 1.165) is 31.2 Å². The van der Waals surface area contributed by atoms with Crippen LogP contribution in [0.25, 0.3) is 0 Å². The normalized spacial score (nSPS) is 22.0. The molecule has 1 amide bonds. The Morgan fingerprint density at radius 1 is 1.33 bits per heavy atom. The topological polar surface area (TPSA) is 49.3 Å². The number of nitrogens with one attached hydrogen (secondary N) is 1. The van der Waals surface area contributed by atoms with Crippen LogP contribution in [0.1, 0.15) is 37.7 Å². The molecule has 0 bridgehead atoms. The molecule has 1 aliphatic carbocycles. The number of aliphatic hydroxyl groups excluding tert-OH is 1. The Hall–Kier alpha value is -0.770. The molecule has 0 radical (unpaired) electrons. The summed E-state index contributed by atoms with van der Waals surface area (Å²) in [6.45, 7) is 0.657. The van der Waals surface area contributed by atoms with Crippen LogP contribution in [-0.4, -0.2) is 23.7 Å². The van der Waals surface area contributed by atoms with Gasteiger partial charge in [0.2, 0.25) is 5.91 Å². The molecule has 3 nitrogen and oxygen atoms in total. The highest BCUT2D eigenvalue weighted by molar-refractivity contribution is 6.35. The van der Waals surface area contributed by atoms with Gasteiger partial charge in [-0.3, -0.25) is 4.79 Å². The first kappa shape index (κ1) is 16.6. The zero-order valence-corrected chi connectivity index (χ0v) is 13.5. The molecule has 2 rings (SSSR count). The van der Waals surface area contributed by atoms with Gasteiger partial charge in [-0.1, -0.05) is 35.7 Å². The van der Waals surface area contributed by atoms with Crippen LogP contribution < -0.4 is 5.32 Å². The summed E-state index contributed by atoms with van der Waals surface area (Å²) in [4.78, 5) is 11.9. The Morgan fingerprint density at radius 2 is 2.14 bits per heavy atom. The molecule has 0 aliphatic heterocycles. The average molecular weight is 330 g/mol.